The molecule has 0 aliphatic rings. The highest BCUT2D eigenvalue weighted by molar-refractivity contribution is 5.95. The topological polar surface area (TPSA) is 94.0 Å². The van der Waals surface area contributed by atoms with E-state index in [2.05, 4.69) is 4.98 Å². The Kier molecular flexibility index (Phi) is 4.61. The van der Waals surface area contributed by atoms with Crippen molar-refractivity contribution >= 4 is 11.8 Å². The van der Waals surface area contributed by atoms with Gasteiger partial charge in [-0.2, -0.15) is 0 Å². The summed E-state index contributed by atoms with van der Waals surface area (Å²) < 4.78 is 7.37. The number of aryl methyl sites for hydroxylation is 1. The standard InChI is InChI=1S/C19H18N4O2/c1-13-22-10-11-23(13)12-14-2-4-16(5-3-14)19(24)25-17-8-6-15(7-9-17)18(20)21/h2-11H,12H2,1H3,(H3,20,21). The van der Waals surface area contributed by atoms with E-state index in [1.807, 2.05) is 29.8 Å². The number of nitrogen functional groups attached to an aromatic ring is 1. The summed E-state index contributed by atoms with van der Waals surface area (Å²) in [5.74, 6) is 0.896. The van der Waals surface area contributed by atoms with Crippen molar-refractivity contribution in [1.29, 1.82) is 5.41 Å². The van der Waals surface area contributed by atoms with Crippen LogP contribution in [0.15, 0.2) is 60.9 Å². The van der Waals surface area contributed by atoms with E-state index >= 15 is 0 Å². The zero-order valence-corrected chi connectivity index (χ0v) is 13.8. The van der Waals surface area contributed by atoms with Crippen LogP contribution in [0.5, 0.6) is 5.75 Å². The molecule has 126 valence electrons. The Morgan fingerprint density at radius 2 is 1.76 bits per heavy atom. The van der Waals surface area contributed by atoms with Crippen LogP contribution in [-0.2, 0) is 6.54 Å². The fourth-order valence-corrected chi connectivity index (χ4v) is 2.38. The van der Waals surface area contributed by atoms with Crippen molar-refractivity contribution < 1.29 is 9.53 Å². The number of ether oxygens (including phenoxy) is 1. The number of hydrogen-bond donors (Lipinski definition) is 2. The molecule has 0 saturated heterocycles. The Morgan fingerprint density at radius 3 is 2.32 bits per heavy atom. The summed E-state index contributed by atoms with van der Waals surface area (Å²) in [7, 11) is 0. The summed E-state index contributed by atoms with van der Waals surface area (Å²) in [6.07, 6.45) is 3.68. The van der Waals surface area contributed by atoms with Crippen molar-refractivity contribution in [3.63, 3.8) is 0 Å². The van der Waals surface area contributed by atoms with Crippen LogP contribution in [0.4, 0.5) is 0 Å². The van der Waals surface area contributed by atoms with E-state index in [1.165, 1.54) is 0 Å². The fraction of sp³-hybridized carbons (Fsp3) is 0.105. The first kappa shape index (κ1) is 16.4. The molecule has 6 nitrogen and oxygen atoms in total. The van der Waals surface area contributed by atoms with E-state index in [-0.39, 0.29) is 5.84 Å². The van der Waals surface area contributed by atoms with Crippen LogP contribution < -0.4 is 10.5 Å². The number of carbonyl (C=O) groups excluding carboxylic acids is 1. The number of carbonyl (C=O) groups is 1. The monoisotopic (exact) mass is 334 g/mol. The van der Waals surface area contributed by atoms with Crippen molar-refractivity contribution in [2.24, 2.45) is 5.73 Å². The Hall–Kier alpha value is -3.41. The molecule has 0 aliphatic carbocycles. The molecule has 3 aromatic rings. The Balaban J connectivity index is 1.66. The molecule has 0 spiro atoms. The summed E-state index contributed by atoms with van der Waals surface area (Å²) >= 11 is 0. The molecule has 25 heavy (non-hydrogen) atoms. The lowest BCUT2D eigenvalue weighted by Gasteiger charge is -2.07. The van der Waals surface area contributed by atoms with Crippen molar-refractivity contribution in [3.8, 4) is 5.75 Å². The van der Waals surface area contributed by atoms with Gasteiger partial charge in [0, 0.05) is 24.5 Å². The quantitative estimate of drug-likeness (QED) is 0.325. The predicted molar refractivity (Wildman–Crippen MR) is 94.9 cm³/mol. The molecule has 3 rings (SSSR count). The molecule has 2 aromatic carbocycles. The highest BCUT2D eigenvalue weighted by atomic mass is 16.5. The Labute approximate surface area is 145 Å². The van der Waals surface area contributed by atoms with Gasteiger partial charge in [-0.3, -0.25) is 5.41 Å². The van der Waals surface area contributed by atoms with Gasteiger partial charge in [-0.05, 0) is 48.9 Å². The van der Waals surface area contributed by atoms with Crippen LogP contribution in [0.2, 0.25) is 0 Å². The van der Waals surface area contributed by atoms with Gasteiger partial charge in [-0.15, -0.1) is 0 Å². The number of nitrogens with one attached hydrogen (secondary N) is 1. The molecule has 1 heterocycles. The third kappa shape index (κ3) is 3.92. The zero-order valence-electron chi connectivity index (χ0n) is 13.8. The normalized spacial score (nSPS) is 10.4. The largest absolute Gasteiger partial charge is 0.423 e. The molecule has 0 atom stereocenters. The average molecular weight is 334 g/mol. The van der Waals surface area contributed by atoms with Crippen molar-refractivity contribution in [2.75, 3.05) is 0 Å². The van der Waals surface area contributed by atoms with Crippen LogP contribution >= 0.6 is 0 Å². The van der Waals surface area contributed by atoms with E-state index in [9.17, 15) is 4.79 Å². The average Bonchev–Trinajstić information content (AvgIpc) is 3.01. The highest BCUT2D eigenvalue weighted by Crippen LogP contribution is 2.15. The minimum atomic E-state index is -0.430. The summed E-state index contributed by atoms with van der Waals surface area (Å²) in [6, 6.07) is 13.8. The molecular formula is C19H18N4O2. The number of aromatic nitrogens is 2. The molecule has 0 saturated carbocycles. The third-order valence-corrected chi connectivity index (χ3v) is 3.84. The van der Waals surface area contributed by atoms with Crippen molar-refractivity contribution in [1.82, 2.24) is 9.55 Å². The molecule has 0 bridgehead atoms. The van der Waals surface area contributed by atoms with Gasteiger partial charge in [0.15, 0.2) is 0 Å². The van der Waals surface area contributed by atoms with E-state index in [0.29, 0.717) is 23.4 Å². The highest BCUT2D eigenvalue weighted by Gasteiger charge is 2.09. The number of nitrogens with zero attached hydrogens (tertiary/aromatic N) is 2. The van der Waals surface area contributed by atoms with Gasteiger partial charge in [0.25, 0.3) is 0 Å². The van der Waals surface area contributed by atoms with Gasteiger partial charge in [-0.1, -0.05) is 12.1 Å². The molecule has 3 N–H and O–H groups in total. The molecule has 0 unspecified atom stereocenters. The number of imidazole rings is 1. The van der Waals surface area contributed by atoms with Gasteiger partial charge < -0.3 is 15.0 Å². The second-order valence-electron chi connectivity index (χ2n) is 5.63. The van der Waals surface area contributed by atoms with Gasteiger partial charge in [0.1, 0.15) is 17.4 Å². The van der Waals surface area contributed by atoms with Crippen LogP contribution in [0.3, 0.4) is 0 Å². The third-order valence-electron chi connectivity index (χ3n) is 3.84. The molecule has 0 aliphatic heterocycles. The molecular weight excluding hydrogens is 316 g/mol. The summed E-state index contributed by atoms with van der Waals surface area (Å²) in [4.78, 5) is 16.4. The van der Waals surface area contributed by atoms with Crippen LogP contribution in [-0.4, -0.2) is 21.4 Å². The molecule has 6 heteroatoms. The van der Waals surface area contributed by atoms with Crippen LogP contribution in [0.1, 0.15) is 27.3 Å². The van der Waals surface area contributed by atoms with Crippen molar-refractivity contribution in [2.45, 2.75) is 13.5 Å². The van der Waals surface area contributed by atoms with Crippen LogP contribution in [0.25, 0.3) is 0 Å². The lowest BCUT2D eigenvalue weighted by molar-refractivity contribution is 0.0735. The minimum Gasteiger partial charge on any atom is -0.423 e. The number of rotatable bonds is 5. The summed E-state index contributed by atoms with van der Waals surface area (Å²) in [5, 5.41) is 7.35. The molecule has 0 fully saturated rings. The smallest absolute Gasteiger partial charge is 0.343 e. The molecule has 1 aromatic heterocycles. The number of benzene rings is 2. The summed E-state index contributed by atoms with van der Waals surface area (Å²) in [5.41, 5.74) is 7.53. The summed E-state index contributed by atoms with van der Waals surface area (Å²) in [6.45, 7) is 2.65. The van der Waals surface area contributed by atoms with Gasteiger partial charge in [0.05, 0.1) is 5.56 Å². The van der Waals surface area contributed by atoms with Crippen LogP contribution in [0, 0.1) is 12.3 Å². The maximum atomic E-state index is 12.2. The van der Waals surface area contributed by atoms with E-state index in [0.717, 1.165) is 11.4 Å². The van der Waals surface area contributed by atoms with Gasteiger partial charge >= 0.3 is 5.97 Å². The molecule has 0 amide bonds. The number of hydrogen-bond acceptors (Lipinski definition) is 4. The minimum absolute atomic E-state index is 0.0263. The number of amidine groups is 1. The second kappa shape index (κ2) is 7.00. The maximum absolute atomic E-state index is 12.2. The zero-order chi connectivity index (χ0) is 17.8. The fourth-order valence-electron chi connectivity index (χ4n) is 2.38. The van der Waals surface area contributed by atoms with E-state index in [1.54, 1.807) is 42.6 Å². The second-order valence-corrected chi connectivity index (χ2v) is 5.63. The first-order valence-corrected chi connectivity index (χ1v) is 7.76. The Bertz CT molecular complexity index is 896. The lowest BCUT2D eigenvalue weighted by Crippen LogP contribution is -2.11. The Morgan fingerprint density at radius 1 is 1.12 bits per heavy atom. The first-order chi connectivity index (χ1) is 12.0. The first-order valence-electron chi connectivity index (χ1n) is 7.76. The predicted octanol–water partition coefficient (Wildman–Crippen LogP) is 2.74. The van der Waals surface area contributed by atoms with Gasteiger partial charge in [-0.25, -0.2) is 9.78 Å². The van der Waals surface area contributed by atoms with Crippen molar-refractivity contribution in [3.05, 3.63) is 83.4 Å². The van der Waals surface area contributed by atoms with Gasteiger partial charge in [0.2, 0.25) is 0 Å². The number of esters is 1. The number of nitrogens with two attached hydrogens (primary N) is 1. The lowest BCUT2D eigenvalue weighted by atomic mass is 10.1. The molecule has 0 radical (unpaired) electrons. The van der Waals surface area contributed by atoms with E-state index < -0.39 is 5.97 Å². The SMILES string of the molecule is Cc1nccn1Cc1ccc(C(=O)Oc2ccc(C(=N)N)cc2)cc1. The maximum Gasteiger partial charge on any atom is 0.343 e. The van der Waals surface area contributed by atoms with E-state index in [4.69, 9.17) is 15.9 Å².